The van der Waals surface area contributed by atoms with E-state index < -0.39 is 17.8 Å². The molecular weight excluding hydrogens is 304 g/mol. The SMILES string of the molecule is C[C@H](N)CC#Cc1cnc(N)nc1C(F)(F)F.Cl.Cl. The predicted octanol–water partition coefficient (Wildman–Crippen LogP) is 2.01. The molecule has 1 heterocycles. The van der Waals surface area contributed by atoms with Crippen LogP contribution in [0.25, 0.3) is 0 Å². The molecule has 0 amide bonds. The lowest BCUT2D eigenvalue weighted by atomic mass is 10.2. The van der Waals surface area contributed by atoms with Gasteiger partial charge in [-0.05, 0) is 6.92 Å². The third-order valence-corrected chi connectivity index (χ3v) is 1.72. The van der Waals surface area contributed by atoms with Crippen LogP contribution >= 0.6 is 24.8 Å². The molecule has 0 saturated heterocycles. The highest BCUT2D eigenvalue weighted by atomic mass is 35.5. The highest BCUT2D eigenvalue weighted by molar-refractivity contribution is 5.85. The Morgan fingerprint density at radius 3 is 2.42 bits per heavy atom. The van der Waals surface area contributed by atoms with Crippen LogP contribution in [0.1, 0.15) is 24.6 Å². The number of nitrogens with zero attached hydrogens (tertiary/aromatic N) is 2. The number of anilines is 1. The summed E-state index contributed by atoms with van der Waals surface area (Å²) in [4.78, 5) is 6.63. The fourth-order valence-electron chi connectivity index (χ4n) is 1.01. The zero-order chi connectivity index (χ0) is 13.1. The van der Waals surface area contributed by atoms with E-state index in [1.54, 1.807) is 6.92 Å². The Bertz CT molecular complexity index is 466. The van der Waals surface area contributed by atoms with Gasteiger partial charge in [0.05, 0.1) is 5.56 Å². The van der Waals surface area contributed by atoms with E-state index in [1.165, 1.54) is 0 Å². The Labute approximate surface area is 121 Å². The van der Waals surface area contributed by atoms with E-state index in [9.17, 15) is 13.2 Å². The summed E-state index contributed by atoms with van der Waals surface area (Å²) in [5.41, 5.74) is 9.12. The van der Waals surface area contributed by atoms with Gasteiger partial charge in [-0.2, -0.15) is 13.2 Å². The van der Waals surface area contributed by atoms with E-state index in [0.717, 1.165) is 6.20 Å². The van der Waals surface area contributed by atoms with Crippen molar-refractivity contribution < 1.29 is 13.2 Å². The smallest absolute Gasteiger partial charge is 0.368 e. The molecule has 0 aliphatic heterocycles. The molecule has 1 aromatic rings. The first-order valence-corrected chi connectivity index (χ1v) is 4.75. The van der Waals surface area contributed by atoms with Crippen molar-refractivity contribution in [3.05, 3.63) is 17.5 Å². The van der Waals surface area contributed by atoms with Crippen molar-refractivity contribution in [1.29, 1.82) is 0 Å². The number of hydrogen-bond donors (Lipinski definition) is 2. The number of aromatic nitrogens is 2. The molecule has 4 N–H and O–H groups in total. The predicted molar refractivity (Wildman–Crippen MR) is 71.1 cm³/mol. The summed E-state index contributed by atoms with van der Waals surface area (Å²) in [6.45, 7) is 1.71. The minimum atomic E-state index is -4.60. The molecule has 0 spiro atoms. The van der Waals surface area contributed by atoms with E-state index in [4.69, 9.17) is 11.5 Å². The molecule has 0 saturated carbocycles. The fourth-order valence-corrected chi connectivity index (χ4v) is 1.01. The average Bonchev–Trinajstić information content (AvgIpc) is 2.18. The number of hydrogen-bond acceptors (Lipinski definition) is 4. The quantitative estimate of drug-likeness (QED) is 0.777. The van der Waals surface area contributed by atoms with Gasteiger partial charge in [-0.15, -0.1) is 24.8 Å². The summed E-state index contributed by atoms with van der Waals surface area (Å²) >= 11 is 0. The molecule has 0 aliphatic rings. The minimum absolute atomic E-state index is 0. The van der Waals surface area contributed by atoms with Crippen LogP contribution in [-0.2, 0) is 6.18 Å². The van der Waals surface area contributed by atoms with Crippen LogP contribution in [0.5, 0.6) is 0 Å². The van der Waals surface area contributed by atoms with Gasteiger partial charge in [0, 0.05) is 18.7 Å². The molecule has 0 aromatic carbocycles. The van der Waals surface area contributed by atoms with Crippen LogP contribution in [0, 0.1) is 11.8 Å². The molecule has 1 rings (SSSR count). The molecular formula is C10H13Cl2F3N4. The number of nitrogens with two attached hydrogens (primary N) is 2. The van der Waals surface area contributed by atoms with Crippen molar-refractivity contribution in [2.75, 3.05) is 5.73 Å². The van der Waals surface area contributed by atoms with Crippen LogP contribution in [0.15, 0.2) is 6.20 Å². The first-order chi connectivity index (χ1) is 7.80. The van der Waals surface area contributed by atoms with Crippen molar-refractivity contribution in [1.82, 2.24) is 9.97 Å². The van der Waals surface area contributed by atoms with Gasteiger partial charge in [0.15, 0.2) is 5.69 Å². The van der Waals surface area contributed by atoms with Gasteiger partial charge in [0.25, 0.3) is 0 Å². The summed E-state index contributed by atoms with van der Waals surface area (Å²) in [5.74, 6) is 4.45. The lowest BCUT2D eigenvalue weighted by molar-refractivity contribution is -0.141. The van der Waals surface area contributed by atoms with Crippen molar-refractivity contribution in [2.24, 2.45) is 5.73 Å². The maximum Gasteiger partial charge on any atom is 0.434 e. The molecule has 0 fully saturated rings. The standard InChI is InChI=1S/C10H11F3N4.2ClH/c1-6(14)3-2-4-7-5-16-9(15)17-8(7)10(11,12)13;;/h5-6H,3,14H2,1H3,(H2,15,16,17);2*1H/t6-;;/m0../s1. The van der Waals surface area contributed by atoms with Gasteiger partial charge in [-0.25, -0.2) is 9.97 Å². The first kappa shape index (κ1) is 20.1. The zero-order valence-electron chi connectivity index (χ0n) is 9.86. The van der Waals surface area contributed by atoms with Crippen molar-refractivity contribution >= 4 is 30.8 Å². The van der Waals surface area contributed by atoms with Crippen LogP contribution in [0.2, 0.25) is 0 Å². The Morgan fingerprint density at radius 1 is 1.37 bits per heavy atom. The lowest BCUT2D eigenvalue weighted by Gasteiger charge is -2.07. The summed E-state index contributed by atoms with van der Waals surface area (Å²) in [6, 6.07) is -0.202. The van der Waals surface area contributed by atoms with Gasteiger partial charge in [0.1, 0.15) is 0 Å². The zero-order valence-corrected chi connectivity index (χ0v) is 11.5. The monoisotopic (exact) mass is 316 g/mol. The van der Waals surface area contributed by atoms with Gasteiger partial charge >= 0.3 is 6.18 Å². The molecule has 0 aliphatic carbocycles. The largest absolute Gasteiger partial charge is 0.434 e. The Balaban J connectivity index is 0. The minimum Gasteiger partial charge on any atom is -0.368 e. The number of nitrogen functional groups attached to an aromatic ring is 1. The summed E-state index contributed by atoms with van der Waals surface area (Å²) in [5, 5.41) is 0. The second-order valence-corrected chi connectivity index (χ2v) is 3.47. The molecule has 1 atom stereocenters. The van der Waals surface area contributed by atoms with E-state index in [2.05, 4.69) is 21.8 Å². The van der Waals surface area contributed by atoms with Crippen LogP contribution in [-0.4, -0.2) is 16.0 Å². The second-order valence-electron chi connectivity index (χ2n) is 3.47. The highest BCUT2D eigenvalue weighted by Crippen LogP contribution is 2.29. The third kappa shape index (κ3) is 6.47. The van der Waals surface area contributed by atoms with E-state index in [0.29, 0.717) is 6.42 Å². The summed E-state index contributed by atoms with van der Waals surface area (Å²) in [7, 11) is 0. The maximum absolute atomic E-state index is 12.6. The Morgan fingerprint density at radius 2 is 1.95 bits per heavy atom. The average molecular weight is 317 g/mol. The fraction of sp³-hybridized carbons (Fsp3) is 0.400. The van der Waals surface area contributed by atoms with Gasteiger partial charge in [0.2, 0.25) is 5.95 Å². The molecule has 0 bridgehead atoms. The molecule has 1 aromatic heterocycles. The normalized spacial score (nSPS) is 11.4. The van der Waals surface area contributed by atoms with Crippen molar-refractivity contribution in [3.8, 4) is 11.8 Å². The molecule has 9 heteroatoms. The number of rotatable bonds is 1. The van der Waals surface area contributed by atoms with Gasteiger partial charge < -0.3 is 11.5 Å². The third-order valence-electron chi connectivity index (χ3n) is 1.72. The Hall–Kier alpha value is -1.23. The lowest BCUT2D eigenvalue weighted by Crippen LogP contribution is -2.14. The molecule has 108 valence electrons. The highest BCUT2D eigenvalue weighted by Gasteiger charge is 2.35. The van der Waals surface area contributed by atoms with Gasteiger partial charge in [-0.3, -0.25) is 0 Å². The molecule has 0 radical (unpaired) electrons. The van der Waals surface area contributed by atoms with Crippen molar-refractivity contribution in [2.45, 2.75) is 25.6 Å². The summed E-state index contributed by atoms with van der Waals surface area (Å²) in [6.07, 6.45) is -3.35. The Kier molecular flexibility index (Phi) is 8.51. The molecule has 19 heavy (non-hydrogen) atoms. The van der Waals surface area contributed by atoms with Crippen molar-refractivity contribution in [3.63, 3.8) is 0 Å². The van der Waals surface area contributed by atoms with E-state index in [1.807, 2.05) is 0 Å². The molecule has 0 unspecified atom stereocenters. The number of alkyl halides is 3. The van der Waals surface area contributed by atoms with Crippen LogP contribution < -0.4 is 11.5 Å². The number of halogens is 5. The second kappa shape index (κ2) is 8.04. The van der Waals surface area contributed by atoms with Gasteiger partial charge in [-0.1, -0.05) is 11.8 Å². The van der Waals surface area contributed by atoms with Crippen LogP contribution in [0.3, 0.4) is 0 Å². The maximum atomic E-state index is 12.6. The topological polar surface area (TPSA) is 77.8 Å². The summed E-state index contributed by atoms with van der Waals surface area (Å²) < 4.78 is 37.7. The van der Waals surface area contributed by atoms with E-state index >= 15 is 0 Å². The first-order valence-electron chi connectivity index (χ1n) is 4.75. The van der Waals surface area contributed by atoms with E-state index in [-0.39, 0.29) is 36.4 Å². The van der Waals surface area contributed by atoms with Crippen LogP contribution in [0.4, 0.5) is 19.1 Å². The molecule has 4 nitrogen and oxygen atoms in total.